The van der Waals surface area contributed by atoms with Gasteiger partial charge in [-0.2, -0.15) is 0 Å². The average Bonchev–Trinajstić information content (AvgIpc) is 3.30. The van der Waals surface area contributed by atoms with Crippen LogP contribution in [0.3, 0.4) is 0 Å². The van der Waals surface area contributed by atoms with E-state index in [4.69, 9.17) is 15.5 Å². The predicted octanol–water partition coefficient (Wildman–Crippen LogP) is 3.16. The van der Waals surface area contributed by atoms with Gasteiger partial charge in [0.05, 0.1) is 11.9 Å². The molecule has 8 nitrogen and oxygen atoms in total. The van der Waals surface area contributed by atoms with Crippen LogP contribution in [0, 0.1) is 0 Å². The van der Waals surface area contributed by atoms with E-state index in [1.807, 2.05) is 12.1 Å². The minimum atomic E-state index is 0.326. The van der Waals surface area contributed by atoms with Crippen molar-refractivity contribution in [2.45, 2.75) is 37.6 Å². The molecule has 2 fully saturated rings. The third-order valence-electron chi connectivity index (χ3n) is 6.75. The number of nitrogens with zero attached hydrogens (tertiary/aromatic N) is 6. The molecule has 8 heteroatoms. The molecule has 2 aliphatic rings. The van der Waals surface area contributed by atoms with E-state index in [9.17, 15) is 0 Å². The first kappa shape index (κ1) is 19.6. The van der Waals surface area contributed by atoms with Crippen LogP contribution < -0.4 is 10.6 Å². The van der Waals surface area contributed by atoms with E-state index < -0.39 is 0 Å². The number of benzene rings is 1. The topological polar surface area (TPSA) is 94.5 Å². The molecule has 0 unspecified atom stereocenters. The van der Waals surface area contributed by atoms with Crippen LogP contribution in [0.25, 0.3) is 28.1 Å². The van der Waals surface area contributed by atoms with Crippen molar-refractivity contribution in [3.05, 3.63) is 48.4 Å². The Morgan fingerprint density at radius 2 is 1.69 bits per heavy atom. The van der Waals surface area contributed by atoms with E-state index in [-0.39, 0.29) is 0 Å². The number of pyridine rings is 1. The molecule has 2 aliphatic heterocycles. The summed E-state index contributed by atoms with van der Waals surface area (Å²) in [6.45, 7) is 3.55. The summed E-state index contributed by atoms with van der Waals surface area (Å²) in [5.41, 5.74) is 11.7. The first-order valence-corrected chi connectivity index (χ1v) is 11.5. The second-order valence-corrected chi connectivity index (χ2v) is 8.81. The van der Waals surface area contributed by atoms with Crippen molar-refractivity contribution >= 4 is 22.5 Å². The highest BCUT2D eigenvalue weighted by atomic mass is 16.5. The highest BCUT2D eigenvalue weighted by molar-refractivity contribution is 5.77. The van der Waals surface area contributed by atoms with E-state index in [1.54, 1.807) is 6.20 Å². The van der Waals surface area contributed by atoms with Crippen molar-refractivity contribution in [3.63, 3.8) is 0 Å². The number of aromatic nitrogens is 5. The fourth-order valence-electron chi connectivity index (χ4n) is 4.82. The van der Waals surface area contributed by atoms with Gasteiger partial charge >= 0.3 is 0 Å². The van der Waals surface area contributed by atoms with Gasteiger partial charge in [0.25, 0.3) is 0 Å². The monoisotopic (exact) mass is 429 g/mol. The van der Waals surface area contributed by atoms with Crippen LogP contribution in [0.2, 0.25) is 0 Å². The summed E-state index contributed by atoms with van der Waals surface area (Å²) >= 11 is 0. The molecular formula is C24H27N7O. The van der Waals surface area contributed by atoms with E-state index >= 15 is 0 Å². The molecule has 2 N–H and O–H groups in total. The third kappa shape index (κ3) is 3.49. The molecule has 164 valence electrons. The van der Waals surface area contributed by atoms with Gasteiger partial charge in [-0.15, -0.1) is 10.2 Å². The fourth-order valence-corrected chi connectivity index (χ4v) is 4.82. The van der Waals surface area contributed by atoms with Crippen LogP contribution in [0.5, 0.6) is 0 Å². The molecule has 4 aromatic rings. The van der Waals surface area contributed by atoms with Gasteiger partial charge in [0, 0.05) is 49.5 Å². The van der Waals surface area contributed by atoms with E-state index in [2.05, 4.69) is 48.7 Å². The van der Waals surface area contributed by atoms with E-state index in [0.717, 1.165) is 85.9 Å². The first-order valence-electron chi connectivity index (χ1n) is 11.5. The highest BCUT2D eigenvalue weighted by Gasteiger charge is 2.23. The molecule has 5 heterocycles. The number of anilines is 1. The molecule has 0 radical (unpaired) electrons. The Bertz CT molecular complexity index is 1240. The van der Waals surface area contributed by atoms with Gasteiger partial charge in [-0.1, -0.05) is 12.1 Å². The number of piperidine rings is 1. The van der Waals surface area contributed by atoms with Crippen molar-refractivity contribution in [2.75, 3.05) is 31.2 Å². The van der Waals surface area contributed by atoms with Crippen molar-refractivity contribution in [1.29, 1.82) is 0 Å². The molecule has 0 amide bonds. The quantitative estimate of drug-likeness (QED) is 0.534. The molecule has 0 aliphatic carbocycles. The zero-order valence-corrected chi connectivity index (χ0v) is 18.0. The Labute approximate surface area is 186 Å². The standard InChI is InChI=1S/C24H27N7O/c25-18-7-11-30(12-8-18)19-3-1-16(2-4-19)20-5-6-21-24(27-20)31-22(15-26-21)28-29-23(31)17-9-13-32-14-10-17/h1-6,15,17-18H,7-14,25H2. The van der Waals surface area contributed by atoms with Crippen molar-refractivity contribution in [2.24, 2.45) is 5.73 Å². The lowest BCUT2D eigenvalue weighted by Crippen LogP contribution is -2.39. The Balaban J connectivity index is 1.37. The normalized spacial score (nSPS) is 18.6. The Kier molecular flexibility index (Phi) is 4.96. The lowest BCUT2D eigenvalue weighted by Gasteiger charge is -2.32. The van der Waals surface area contributed by atoms with Gasteiger partial charge in [-0.05, 0) is 49.9 Å². The fraction of sp³-hybridized carbons (Fsp3) is 0.417. The summed E-state index contributed by atoms with van der Waals surface area (Å²) in [5, 5.41) is 8.87. The lowest BCUT2D eigenvalue weighted by atomic mass is 9.99. The van der Waals surface area contributed by atoms with Gasteiger partial charge in [0.2, 0.25) is 0 Å². The maximum Gasteiger partial charge on any atom is 0.181 e. The number of nitrogens with two attached hydrogens (primary N) is 1. The molecule has 2 saturated heterocycles. The van der Waals surface area contributed by atoms with Crippen molar-refractivity contribution in [3.8, 4) is 11.3 Å². The van der Waals surface area contributed by atoms with Crippen LogP contribution >= 0.6 is 0 Å². The van der Waals surface area contributed by atoms with Crippen LogP contribution in [0.1, 0.15) is 37.4 Å². The summed E-state index contributed by atoms with van der Waals surface area (Å²) in [6, 6.07) is 13.1. The average molecular weight is 430 g/mol. The molecular weight excluding hydrogens is 402 g/mol. The van der Waals surface area contributed by atoms with E-state index in [1.165, 1.54) is 5.69 Å². The Hall–Kier alpha value is -3.10. The molecule has 0 atom stereocenters. The second-order valence-electron chi connectivity index (χ2n) is 8.81. The molecule has 32 heavy (non-hydrogen) atoms. The van der Waals surface area contributed by atoms with Gasteiger partial charge in [0.1, 0.15) is 11.3 Å². The Morgan fingerprint density at radius 1 is 0.906 bits per heavy atom. The maximum absolute atomic E-state index is 6.05. The van der Waals surface area contributed by atoms with Crippen molar-refractivity contribution < 1.29 is 4.74 Å². The molecule has 1 aromatic carbocycles. The molecule has 0 bridgehead atoms. The van der Waals surface area contributed by atoms with Crippen LogP contribution in [-0.2, 0) is 4.74 Å². The Morgan fingerprint density at radius 3 is 2.47 bits per heavy atom. The van der Waals surface area contributed by atoms with Gasteiger partial charge in [-0.3, -0.25) is 4.40 Å². The van der Waals surface area contributed by atoms with Crippen LogP contribution in [0.4, 0.5) is 5.69 Å². The van der Waals surface area contributed by atoms with Crippen LogP contribution in [0.15, 0.2) is 42.6 Å². The van der Waals surface area contributed by atoms with E-state index in [0.29, 0.717) is 12.0 Å². The van der Waals surface area contributed by atoms with Gasteiger partial charge in [-0.25, -0.2) is 9.97 Å². The summed E-state index contributed by atoms with van der Waals surface area (Å²) < 4.78 is 7.61. The highest BCUT2D eigenvalue weighted by Crippen LogP contribution is 2.29. The van der Waals surface area contributed by atoms with Gasteiger partial charge in [0.15, 0.2) is 11.3 Å². The summed E-state index contributed by atoms with van der Waals surface area (Å²) in [6.07, 6.45) is 5.77. The number of hydrogen-bond donors (Lipinski definition) is 1. The molecule has 0 spiro atoms. The molecule has 0 saturated carbocycles. The summed E-state index contributed by atoms with van der Waals surface area (Å²) in [4.78, 5) is 12.0. The predicted molar refractivity (Wildman–Crippen MR) is 124 cm³/mol. The number of hydrogen-bond acceptors (Lipinski definition) is 7. The minimum Gasteiger partial charge on any atom is -0.381 e. The zero-order chi connectivity index (χ0) is 21.5. The largest absolute Gasteiger partial charge is 0.381 e. The molecule has 6 rings (SSSR count). The molecule has 3 aromatic heterocycles. The number of ether oxygens (including phenoxy) is 1. The minimum absolute atomic E-state index is 0.326. The zero-order valence-electron chi connectivity index (χ0n) is 18.0. The maximum atomic E-state index is 6.05. The number of fused-ring (bicyclic) bond motifs is 3. The number of rotatable bonds is 3. The lowest BCUT2D eigenvalue weighted by molar-refractivity contribution is 0.0834. The second kappa shape index (κ2) is 8.11. The SMILES string of the molecule is NC1CCN(c2ccc(-c3ccc4ncc5nnc(C6CCOCC6)n5c4n3)cc2)CC1. The smallest absolute Gasteiger partial charge is 0.181 e. The summed E-state index contributed by atoms with van der Waals surface area (Å²) in [5.74, 6) is 1.28. The summed E-state index contributed by atoms with van der Waals surface area (Å²) in [7, 11) is 0. The van der Waals surface area contributed by atoms with Crippen LogP contribution in [-0.4, -0.2) is 56.9 Å². The third-order valence-corrected chi connectivity index (χ3v) is 6.75. The van der Waals surface area contributed by atoms with Gasteiger partial charge < -0.3 is 15.4 Å². The first-order chi connectivity index (χ1) is 15.8. The van der Waals surface area contributed by atoms with Crippen molar-refractivity contribution in [1.82, 2.24) is 24.6 Å².